The average Bonchev–Trinajstić information content (AvgIpc) is 4.00. The maximum atomic E-state index is 2.52. The number of anilines is 3. The minimum absolute atomic E-state index is 1.10. The second-order valence-electron chi connectivity index (χ2n) is 16.5. The number of hydrogen-bond acceptors (Lipinski definition) is 2. The van der Waals surface area contributed by atoms with Crippen molar-refractivity contribution in [2.24, 2.45) is 0 Å². The minimum Gasteiger partial charge on any atom is -0.310 e. The van der Waals surface area contributed by atoms with Crippen molar-refractivity contribution < 1.29 is 0 Å². The molecule has 0 saturated carbocycles. The molecule has 0 unspecified atom stereocenters. The molecule has 62 heavy (non-hydrogen) atoms. The first-order valence-corrected chi connectivity index (χ1v) is 22.1. The van der Waals surface area contributed by atoms with Crippen LogP contribution < -0.4 is 4.90 Å². The summed E-state index contributed by atoms with van der Waals surface area (Å²) in [6.45, 7) is 0. The molecular formula is C58H35N3S. The lowest BCUT2D eigenvalue weighted by atomic mass is 9.91. The van der Waals surface area contributed by atoms with Crippen molar-refractivity contribution in [1.82, 2.24) is 8.80 Å². The summed E-state index contributed by atoms with van der Waals surface area (Å²) in [5.74, 6) is 0. The zero-order valence-corrected chi connectivity index (χ0v) is 34.3. The van der Waals surface area contributed by atoms with Crippen LogP contribution in [0.25, 0.3) is 108 Å². The van der Waals surface area contributed by atoms with Crippen molar-refractivity contribution in [1.29, 1.82) is 0 Å². The molecule has 14 rings (SSSR count). The van der Waals surface area contributed by atoms with Gasteiger partial charge in [-0.1, -0.05) is 146 Å². The van der Waals surface area contributed by atoms with E-state index in [0.717, 1.165) is 17.1 Å². The quantitative estimate of drug-likeness (QED) is 0.158. The van der Waals surface area contributed by atoms with E-state index in [4.69, 9.17) is 0 Å². The number of rotatable bonds is 5. The predicted octanol–water partition coefficient (Wildman–Crippen LogP) is 16.6. The number of benzene rings is 10. The first kappa shape index (κ1) is 33.9. The van der Waals surface area contributed by atoms with Gasteiger partial charge >= 0.3 is 0 Å². The molecule has 0 atom stereocenters. The van der Waals surface area contributed by atoms with E-state index in [9.17, 15) is 0 Å². The van der Waals surface area contributed by atoms with Gasteiger partial charge in [-0.05, 0) is 99.8 Å². The molecule has 0 fully saturated rings. The zero-order valence-electron chi connectivity index (χ0n) is 33.5. The van der Waals surface area contributed by atoms with E-state index in [-0.39, 0.29) is 0 Å². The largest absolute Gasteiger partial charge is 0.310 e. The topological polar surface area (TPSA) is 12.1 Å². The summed E-state index contributed by atoms with van der Waals surface area (Å²) >= 11 is 1.86. The highest BCUT2D eigenvalue weighted by Crippen LogP contribution is 2.46. The van der Waals surface area contributed by atoms with E-state index in [1.54, 1.807) is 0 Å². The molecule has 0 amide bonds. The third-order valence-electron chi connectivity index (χ3n) is 13.2. The molecule has 0 aliphatic heterocycles. The SMILES string of the molecule is c1ccc(-c2cccc3cccc(-c4ccc(N(c5ccc6sc7ccccc7c6c5)c5ccc6c(c5)n5c7ccccc7c7ccc8c9ccccc9n6c8c75)cc4)c23)cc1. The summed E-state index contributed by atoms with van der Waals surface area (Å²) in [6.07, 6.45) is 0. The highest BCUT2D eigenvalue weighted by atomic mass is 32.1. The first-order chi connectivity index (χ1) is 30.8. The van der Waals surface area contributed by atoms with Crippen LogP contribution in [0.3, 0.4) is 0 Å². The Bertz CT molecular complexity index is 4090. The molecule has 14 aromatic rings. The maximum Gasteiger partial charge on any atom is 0.0789 e. The van der Waals surface area contributed by atoms with Gasteiger partial charge in [0.15, 0.2) is 0 Å². The number of aromatic nitrogens is 2. The Kier molecular flexibility index (Phi) is 6.99. The van der Waals surface area contributed by atoms with Crippen molar-refractivity contribution in [2.45, 2.75) is 0 Å². The molecule has 0 bridgehead atoms. The second kappa shape index (κ2) is 12.8. The van der Waals surface area contributed by atoms with Crippen LogP contribution in [0.15, 0.2) is 212 Å². The van der Waals surface area contributed by atoms with Gasteiger partial charge in [-0.3, -0.25) is 0 Å². The van der Waals surface area contributed by atoms with Gasteiger partial charge in [0.1, 0.15) is 0 Å². The molecule has 0 radical (unpaired) electrons. The fourth-order valence-electron chi connectivity index (χ4n) is 10.6. The van der Waals surface area contributed by atoms with E-state index in [1.807, 2.05) is 11.3 Å². The van der Waals surface area contributed by atoms with Crippen molar-refractivity contribution in [3.05, 3.63) is 212 Å². The molecular weight excluding hydrogens is 771 g/mol. The van der Waals surface area contributed by atoms with E-state index in [2.05, 4.69) is 226 Å². The van der Waals surface area contributed by atoms with Crippen LogP contribution in [0.5, 0.6) is 0 Å². The third kappa shape index (κ3) is 4.70. The highest BCUT2D eigenvalue weighted by Gasteiger charge is 2.23. The second-order valence-corrected chi connectivity index (χ2v) is 17.6. The Morgan fingerprint density at radius 1 is 0.323 bits per heavy atom. The molecule has 0 N–H and O–H groups in total. The normalized spacial score (nSPS) is 12.2. The summed E-state index contributed by atoms with van der Waals surface area (Å²) in [5, 5.41) is 10.2. The summed E-state index contributed by atoms with van der Waals surface area (Å²) in [7, 11) is 0. The van der Waals surface area contributed by atoms with Crippen LogP contribution in [-0.2, 0) is 0 Å². The molecule has 3 nitrogen and oxygen atoms in total. The minimum atomic E-state index is 1.10. The fourth-order valence-corrected chi connectivity index (χ4v) is 11.6. The Balaban J connectivity index is 1.03. The van der Waals surface area contributed by atoms with Gasteiger partial charge in [-0.25, -0.2) is 0 Å². The lowest BCUT2D eigenvalue weighted by molar-refractivity contribution is 1.24. The van der Waals surface area contributed by atoms with Gasteiger partial charge in [-0.15, -0.1) is 11.3 Å². The summed E-state index contributed by atoms with van der Waals surface area (Å²) in [6, 6.07) is 78.5. The Morgan fingerprint density at radius 3 is 1.58 bits per heavy atom. The third-order valence-corrected chi connectivity index (χ3v) is 14.4. The van der Waals surface area contributed by atoms with Crippen molar-refractivity contribution in [2.75, 3.05) is 4.90 Å². The first-order valence-electron chi connectivity index (χ1n) is 21.3. The molecule has 10 aromatic carbocycles. The lowest BCUT2D eigenvalue weighted by Crippen LogP contribution is -2.10. The van der Waals surface area contributed by atoms with Crippen LogP contribution in [0.1, 0.15) is 0 Å². The van der Waals surface area contributed by atoms with Crippen LogP contribution in [-0.4, -0.2) is 8.80 Å². The van der Waals surface area contributed by atoms with Gasteiger partial charge < -0.3 is 13.7 Å². The smallest absolute Gasteiger partial charge is 0.0789 e. The molecule has 288 valence electrons. The fraction of sp³-hybridized carbons (Fsp3) is 0. The highest BCUT2D eigenvalue weighted by molar-refractivity contribution is 7.25. The van der Waals surface area contributed by atoms with Crippen LogP contribution >= 0.6 is 11.3 Å². The monoisotopic (exact) mass is 805 g/mol. The van der Waals surface area contributed by atoms with Crippen LogP contribution in [0, 0.1) is 0 Å². The van der Waals surface area contributed by atoms with Crippen molar-refractivity contribution in [3.8, 4) is 22.3 Å². The van der Waals surface area contributed by atoms with Crippen molar-refractivity contribution >= 4 is 114 Å². The summed E-state index contributed by atoms with van der Waals surface area (Å²) in [5.41, 5.74) is 15.5. The number of para-hydroxylation sites is 2. The number of thiophene rings is 1. The molecule has 0 aliphatic carbocycles. The standard InChI is InChI=1S/C58H35N3S/c1-2-12-36(13-3-1)42-19-10-14-38-15-11-20-43(56(38)42)37-24-26-39(27-25-37)59(40-29-33-55-49(34-40)46-18-6-9-23-54(46)62-55)41-28-32-52-53(35-41)61-51-22-8-5-17-45(51)48-31-30-47-44-16-4-7-21-50(44)60(52)57(47)58(48)61/h1-35H. The lowest BCUT2D eigenvalue weighted by Gasteiger charge is -2.27. The molecule has 0 spiro atoms. The molecule has 0 aliphatic rings. The van der Waals surface area contributed by atoms with E-state index in [1.165, 1.54) is 108 Å². The molecule has 4 heteroatoms. The molecule has 4 aromatic heterocycles. The van der Waals surface area contributed by atoms with Crippen molar-refractivity contribution in [3.63, 3.8) is 0 Å². The molecule has 0 saturated heterocycles. The Hall–Kier alpha value is -7.92. The number of hydrogen-bond donors (Lipinski definition) is 0. The van der Waals surface area contributed by atoms with Gasteiger partial charge in [0.05, 0.1) is 33.1 Å². The van der Waals surface area contributed by atoms with Gasteiger partial charge in [0.2, 0.25) is 0 Å². The van der Waals surface area contributed by atoms with Crippen LogP contribution in [0.4, 0.5) is 17.1 Å². The zero-order chi connectivity index (χ0) is 40.5. The van der Waals surface area contributed by atoms with E-state index < -0.39 is 0 Å². The number of fused-ring (bicyclic) bond motifs is 13. The van der Waals surface area contributed by atoms with Gasteiger partial charge in [0.25, 0.3) is 0 Å². The maximum absolute atomic E-state index is 2.52. The van der Waals surface area contributed by atoms with Crippen LogP contribution in [0.2, 0.25) is 0 Å². The summed E-state index contributed by atoms with van der Waals surface area (Å²) < 4.78 is 7.62. The Morgan fingerprint density at radius 2 is 0.871 bits per heavy atom. The van der Waals surface area contributed by atoms with E-state index >= 15 is 0 Å². The number of nitrogens with zero attached hydrogens (tertiary/aromatic N) is 3. The summed E-state index contributed by atoms with van der Waals surface area (Å²) in [4.78, 5) is 2.45. The average molecular weight is 806 g/mol. The van der Waals surface area contributed by atoms with Gasteiger partial charge in [0, 0.05) is 58.8 Å². The predicted molar refractivity (Wildman–Crippen MR) is 266 cm³/mol. The molecule has 4 heterocycles. The van der Waals surface area contributed by atoms with Gasteiger partial charge in [-0.2, -0.15) is 0 Å². The Labute approximate surface area is 360 Å². The van der Waals surface area contributed by atoms with E-state index in [0.29, 0.717) is 0 Å².